The molecular weight excluding hydrogens is 286 g/mol. The zero-order chi connectivity index (χ0) is 15.1. The fourth-order valence-electron chi connectivity index (χ4n) is 2.63. The first kappa shape index (κ1) is 14.1. The van der Waals surface area contributed by atoms with Gasteiger partial charge in [-0.1, -0.05) is 0 Å². The van der Waals surface area contributed by atoms with Crippen molar-refractivity contribution in [1.29, 1.82) is 0 Å². The number of halogens is 1. The molecule has 0 spiro atoms. The third kappa shape index (κ3) is 2.31. The topological polar surface area (TPSA) is 48.5 Å². The van der Waals surface area contributed by atoms with E-state index in [1.165, 1.54) is 5.56 Å². The third-order valence-corrected chi connectivity index (χ3v) is 4.13. The van der Waals surface area contributed by atoms with Crippen molar-refractivity contribution in [2.24, 2.45) is 7.05 Å². The second kappa shape index (κ2) is 5.15. The highest BCUT2D eigenvalue weighted by Crippen LogP contribution is 2.21. The van der Waals surface area contributed by atoms with Gasteiger partial charge >= 0.3 is 0 Å². The summed E-state index contributed by atoms with van der Waals surface area (Å²) in [6.07, 6.45) is 1.86. The van der Waals surface area contributed by atoms with Gasteiger partial charge in [-0.05, 0) is 32.4 Å². The second-order valence-corrected chi connectivity index (χ2v) is 5.64. The van der Waals surface area contributed by atoms with Crippen LogP contribution in [0.5, 0.6) is 0 Å². The molecular formula is C15H18ClN5. The summed E-state index contributed by atoms with van der Waals surface area (Å²) in [5, 5.41) is 4.47. The van der Waals surface area contributed by atoms with Gasteiger partial charge in [0.15, 0.2) is 5.65 Å². The van der Waals surface area contributed by atoms with E-state index < -0.39 is 0 Å². The Morgan fingerprint density at radius 3 is 2.62 bits per heavy atom. The van der Waals surface area contributed by atoms with E-state index in [4.69, 9.17) is 11.6 Å². The van der Waals surface area contributed by atoms with Crippen LogP contribution in [0.4, 0.5) is 0 Å². The quantitative estimate of drug-likeness (QED) is 0.699. The molecule has 3 rings (SSSR count). The molecule has 0 aliphatic rings. The molecule has 0 aliphatic heterocycles. The highest BCUT2D eigenvalue weighted by molar-refractivity contribution is 6.16. The maximum Gasteiger partial charge on any atom is 0.160 e. The zero-order valence-electron chi connectivity index (χ0n) is 12.7. The molecule has 0 unspecified atom stereocenters. The lowest BCUT2D eigenvalue weighted by atomic mass is 10.2. The number of alkyl halides is 1. The van der Waals surface area contributed by atoms with Crippen molar-refractivity contribution in [3.05, 3.63) is 40.6 Å². The summed E-state index contributed by atoms with van der Waals surface area (Å²) in [6, 6.07) is 2.04. The van der Waals surface area contributed by atoms with Gasteiger partial charge in [-0.3, -0.25) is 4.68 Å². The van der Waals surface area contributed by atoms with Crippen LogP contribution in [0.25, 0.3) is 11.2 Å². The van der Waals surface area contributed by atoms with Gasteiger partial charge in [0.2, 0.25) is 0 Å². The Morgan fingerprint density at radius 2 is 2.00 bits per heavy atom. The summed E-state index contributed by atoms with van der Waals surface area (Å²) in [4.78, 5) is 9.12. The van der Waals surface area contributed by atoms with Gasteiger partial charge in [0, 0.05) is 24.5 Å². The van der Waals surface area contributed by atoms with E-state index in [1.54, 1.807) is 0 Å². The van der Waals surface area contributed by atoms with Crippen LogP contribution in [0.2, 0.25) is 0 Å². The van der Waals surface area contributed by atoms with E-state index in [9.17, 15) is 0 Å². The van der Waals surface area contributed by atoms with Crippen molar-refractivity contribution in [3.63, 3.8) is 0 Å². The van der Waals surface area contributed by atoms with Crippen LogP contribution >= 0.6 is 11.6 Å². The van der Waals surface area contributed by atoms with Crippen LogP contribution in [-0.2, 0) is 19.5 Å². The van der Waals surface area contributed by atoms with E-state index in [-0.39, 0.29) is 0 Å². The van der Waals surface area contributed by atoms with Crippen LogP contribution in [-0.4, -0.2) is 24.3 Å². The lowest BCUT2D eigenvalue weighted by molar-refractivity contribution is 0.725. The number of hydrogen-bond donors (Lipinski definition) is 0. The minimum atomic E-state index is 0.369. The molecule has 110 valence electrons. The van der Waals surface area contributed by atoms with Gasteiger partial charge < -0.3 is 4.57 Å². The maximum atomic E-state index is 6.06. The molecule has 3 aromatic rings. The van der Waals surface area contributed by atoms with Crippen molar-refractivity contribution < 1.29 is 0 Å². The number of rotatable bonds is 3. The van der Waals surface area contributed by atoms with Gasteiger partial charge in [0.25, 0.3) is 0 Å². The summed E-state index contributed by atoms with van der Waals surface area (Å²) >= 11 is 6.06. The minimum absolute atomic E-state index is 0.369. The molecule has 0 atom stereocenters. The van der Waals surface area contributed by atoms with Gasteiger partial charge in [-0.2, -0.15) is 5.10 Å². The molecule has 21 heavy (non-hydrogen) atoms. The molecule has 3 aromatic heterocycles. The van der Waals surface area contributed by atoms with Crippen LogP contribution < -0.4 is 0 Å². The van der Waals surface area contributed by atoms with E-state index in [0.29, 0.717) is 12.4 Å². The average molecular weight is 304 g/mol. The third-order valence-electron chi connectivity index (χ3n) is 3.90. The van der Waals surface area contributed by atoms with Crippen LogP contribution in [0.15, 0.2) is 12.3 Å². The molecule has 0 amide bonds. The monoisotopic (exact) mass is 303 g/mol. The molecule has 0 fully saturated rings. The zero-order valence-corrected chi connectivity index (χ0v) is 13.4. The van der Waals surface area contributed by atoms with Crippen LogP contribution in [0.3, 0.4) is 0 Å². The molecule has 6 heteroatoms. The molecule has 5 nitrogen and oxygen atoms in total. The first-order valence-corrected chi connectivity index (χ1v) is 7.41. The molecule has 0 N–H and O–H groups in total. The van der Waals surface area contributed by atoms with E-state index in [0.717, 1.165) is 33.9 Å². The Hall–Kier alpha value is -1.88. The SMILES string of the molecule is Cc1cnc2c(c1)nc(CCl)n2Cc1c(C)nn(C)c1C. The Balaban J connectivity index is 2.15. The Labute approximate surface area is 128 Å². The van der Waals surface area contributed by atoms with E-state index in [1.807, 2.05) is 37.8 Å². The van der Waals surface area contributed by atoms with E-state index in [2.05, 4.69) is 26.6 Å². The number of imidazole rings is 1. The predicted octanol–water partition coefficient (Wildman–Crippen LogP) is 2.88. The summed E-state index contributed by atoms with van der Waals surface area (Å²) in [6.45, 7) is 6.81. The standard InChI is InChI=1S/C15H18ClN5/c1-9-5-13-15(17-7-9)21(14(6-16)18-13)8-12-10(2)19-20(4)11(12)3/h5,7H,6,8H2,1-4H3. The van der Waals surface area contributed by atoms with Gasteiger partial charge in [0.1, 0.15) is 11.3 Å². The highest BCUT2D eigenvalue weighted by atomic mass is 35.5. The fraction of sp³-hybridized carbons (Fsp3) is 0.400. The lowest BCUT2D eigenvalue weighted by Crippen LogP contribution is -2.06. The Kier molecular flexibility index (Phi) is 3.45. The van der Waals surface area contributed by atoms with Crippen molar-refractivity contribution in [2.45, 2.75) is 33.2 Å². The van der Waals surface area contributed by atoms with Crippen molar-refractivity contribution >= 4 is 22.8 Å². The normalized spacial score (nSPS) is 11.5. The van der Waals surface area contributed by atoms with Gasteiger partial charge in [-0.15, -0.1) is 11.6 Å². The number of aromatic nitrogens is 5. The van der Waals surface area contributed by atoms with Crippen molar-refractivity contribution in [1.82, 2.24) is 24.3 Å². The number of nitrogens with zero attached hydrogens (tertiary/aromatic N) is 5. The first-order chi connectivity index (χ1) is 10.0. The number of fused-ring (bicyclic) bond motifs is 1. The fourth-order valence-corrected chi connectivity index (χ4v) is 2.84. The number of hydrogen-bond acceptors (Lipinski definition) is 3. The molecule has 0 aliphatic carbocycles. The van der Waals surface area contributed by atoms with Crippen LogP contribution in [0.1, 0.15) is 28.3 Å². The number of pyridine rings is 1. The highest BCUT2D eigenvalue weighted by Gasteiger charge is 2.16. The minimum Gasteiger partial charge on any atom is -0.307 e. The van der Waals surface area contributed by atoms with Crippen LogP contribution in [0, 0.1) is 20.8 Å². The predicted molar refractivity (Wildman–Crippen MR) is 83.6 cm³/mol. The molecule has 0 saturated carbocycles. The molecule has 0 saturated heterocycles. The number of aryl methyl sites for hydroxylation is 3. The maximum absolute atomic E-state index is 6.06. The molecule has 3 heterocycles. The summed E-state index contributed by atoms with van der Waals surface area (Å²) in [5.41, 5.74) is 6.25. The first-order valence-electron chi connectivity index (χ1n) is 6.88. The molecule has 0 bridgehead atoms. The van der Waals surface area contributed by atoms with Gasteiger partial charge in [0.05, 0.1) is 18.1 Å². The smallest absolute Gasteiger partial charge is 0.160 e. The van der Waals surface area contributed by atoms with E-state index >= 15 is 0 Å². The lowest BCUT2D eigenvalue weighted by Gasteiger charge is -2.08. The largest absolute Gasteiger partial charge is 0.307 e. The Bertz CT molecular complexity index is 815. The Morgan fingerprint density at radius 1 is 1.24 bits per heavy atom. The second-order valence-electron chi connectivity index (χ2n) is 5.38. The average Bonchev–Trinajstić information content (AvgIpc) is 2.91. The summed E-state index contributed by atoms with van der Waals surface area (Å²) < 4.78 is 3.99. The summed E-state index contributed by atoms with van der Waals surface area (Å²) in [5.74, 6) is 1.21. The van der Waals surface area contributed by atoms with Crippen molar-refractivity contribution in [3.8, 4) is 0 Å². The molecule has 0 radical (unpaired) electrons. The molecule has 0 aromatic carbocycles. The van der Waals surface area contributed by atoms with Gasteiger partial charge in [-0.25, -0.2) is 9.97 Å². The summed E-state index contributed by atoms with van der Waals surface area (Å²) in [7, 11) is 1.96. The van der Waals surface area contributed by atoms with Crippen molar-refractivity contribution in [2.75, 3.05) is 0 Å².